The quantitative estimate of drug-likeness (QED) is 0.0222. The smallest absolute Gasteiger partial charge is 0.462 e. The normalized spacial score (nSPS) is 14.0. The minimum Gasteiger partial charge on any atom is -0.462 e. The van der Waals surface area contributed by atoms with Crippen molar-refractivity contribution in [2.45, 2.75) is 393 Å². The van der Waals surface area contributed by atoms with E-state index in [0.717, 1.165) is 95.8 Å². The summed E-state index contributed by atoms with van der Waals surface area (Å²) in [5.74, 6) is -1.35. The Kier molecular flexibility index (Phi) is 64.0. The maximum Gasteiger partial charge on any atom is 0.472 e. The average molecular weight is 1340 g/mol. The molecule has 0 saturated carbocycles. The van der Waals surface area contributed by atoms with Crippen LogP contribution in [-0.4, -0.2) is 96.7 Å². The largest absolute Gasteiger partial charge is 0.472 e. The number of hydrogen-bond donors (Lipinski definition) is 3. The minimum absolute atomic E-state index is 0.107. The first-order valence-corrected chi connectivity index (χ1v) is 40.6. The third-order valence-electron chi connectivity index (χ3n) is 16.8. The summed E-state index contributed by atoms with van der Waals surface area (Å²) in [5.41, 5.74) is 0. The molecule has 0 bridgehead atoms. The van der Waals surface area contributed by atoms with Crippen molar-refractivity contribution in [2.24, 2.45) is 5.92 Å². The van der Waals surface area contributed by atoms with Gasteiger partial charge >= 0.3 is 39.5 Å². The lowest BCUT2D eigenvalue weighted by Gasteiger charge is -2.21. The van der Waals surface area contributed by atoms with Crippen LogP contribution in [0.5, 0.6) is 0 Å². The standard InChI is InChI=1S/C72H140O17P2/c1-6-9-12-15-18-21-24-25-26-27-28-29-32-38-43-48-53-58-72(77)89-68(62-83-70(75)56-51-46-41-37-33-30-31-34-39-44-49-54-65(4)5)64-87-91(80,81)85-60-66(73)59-84-90(78,79)86-63-67(88-71(76)57-52-47-42-36-23-20-17-14-11-8-3)61-82-69(74)55-50-45-40-35-22-19-16-13-10-7-2/h65-68,73H,6-64H2,1-5H3,(H,78,79)(H,80,81)/t66-,67+,68+/m0/s1. The van der Waals surface area contributed by atoms with E-state index >= 15 is 0 Å². The molecule has 0 aromatic heterocycles. The Morgan fingerprint density at radius 1 is 0.297 bits per heavy atom. The molecule has 0 rings (SSSR count). The third kappa shape index (κ3) is 66.5. The summed E-state index contributed by atoms with van der Waals surface area (Å²) in [4.78, 5) is 72.6. The van der Waals surface area contributed by atoms with E-state index in [1.807, 2.05) is 0 Å². The van der Waals surface area contributed by atoms with Crippen LogP contribution >= 0.6 is 15.6 Å². The molecule has 0 spiro atoms. The molecule has 0 aromatic rings. The van der Waals surface area contributed by atoms with Crippen molar-refractivity contribution in [1.29, 1.82) is 0 Å². The fraction of sp³-hybridized carbons (Fsp3) is 0.944. The second-order valence-electron chi connectivity index (χ2n) is 26.5. The van der Waals surface area contributed by atoms with Gasteiger partial charge in [-0.3, -0.25) is 37.3 Å². The Labute approximate surface area is 556 Å². The van der Waals surface area contributed by atoms with Crippen molar-refractivity contribution in [1.82, 2.24) is 0 Å². The summed E-state index contributed by atoms with van der Waals surface area (Å²) in [7, 11) is -9.90. The molecular formula is C72H140O17P2. The molecule has 0 radical (unpaired) electrons. The molecule has 0 heterocycles. The van der Waals surface area contributed by atoms with E-state index in [1.54, 1.807) is 0 Å². The van der Waals surface area contributed by atoms with Crippen LogP contribution in [0.2, 0.25) is 0 Å². The molecule has 0 saturated heterocycles. The summed E-state index contributed by atoms with van der Waals surface area (Å²) in [5, 5.41) is 10.6. The fourth-order valence-electron chi connectivity index (χ4n) is 11.0. The Morgan fingerprint density at radius 3 is 0.747 bits per heavy atom. The topological polar surface area (TPSA) is 237 Å². The highest BCUT2D eigenvalue weighted by atomic mass is 31.2. The molecule has 0 amide bonds. The van der Waals surface area contributed by atoms with Crippen LogP contribution in [0.25, 0.3) is 0 Å². The highest BCUT2D eigenvalue weighted by Gasteiger charge is 2.30. The molecule has 0 fully saturated rings. The van der Waals surface area contributed by atoms with Gasteiger partial charge < -0.3 is 33.8 Å². The van der Waals surface area contributed by atoms with Gasteiger partial charge in [0.1, 0.15) is 19.3 Å². The Hall–Kier alpha value is -1.94. The number of esters is 4. The fourth-order valence-corrected chi connectivity index (χ4v) is 12.6. The van der Waals surface area contributed by atoms with Crippen LogP contribution in [0.4, 0.5) is 0 Å². The summed E-state index contributed by atoms with van der Waals surface area (Å²) in [6, 6.07) is 0. The van der Waals surface area contributed by atoms with Crippen LogP contribution in [0.15, 0.2) is 0 Å². The van der Waals surface area contributed by atoms with Gasteiger partial charge in [0.05, 0.1) is 26.4 Å². The second kappa shape index (κ2) is 65.4. The Balaban J connectivity index is 5.22. The number of aliphatic hydroxyl groups excluding tert-OH is 1. The highest BCUT2D eigenvalue weighted by molar-refractivity contribution is 7.47. The number of unbranched alkanes of at least 4 members (excludes halogenated alkanes) is 44. The Morgan fingerprint density at radius 2 is 0.505 bits per heavy atom. The zero-order valence-corrected chi connectivity index (χ0v) is 60.8. The molecule has 3 N–H and O–H groups in total. The van der Waals surface area contributed by atoms with Gasteiger partial charge in [-0.25, -0.2) is 9.13 Å². The predicted molar refractivity (Wildman–Crippen MR) is 368 cm³/mol. The van der Waals surface area contributed by atoms with Crippen LogP contribution in [0.3, 0.4) is 0 Å². The van der Waals surface area contributed by atoms with Crippen molar-refractivity contribution >= 4 is 39.5 Å². The van der Waals surface area contributed by atoms with Crippen molar-refractivity contribution in [3.05, 3.63) is 0 Å². The number of phosphoric ester groups is 2. The number of phosphoric acid groups is 2. The van der Waals surface area contributed by atoms with Crippen LogP contribution in [0, 0.1) is 5.92 Å². The molecule has 19 heteroatoms. The van der Waals surface area contributed by atoms with E-state index in [9.17, 15) is 43.2 Å². The van der Waals surface area contributed by atoms with Gasteiger partial charge in [-0.2, -0.15) is 0 Å². The third-order valence-corrected chi connectivity index (χ3v) is 18.7. The molecule has 0 aliphatic heterocycles. The number of hydrogen-bond acceptors (Lipinski definition) is 15. The number of rotatable bonds is 72. The lowest BCUT2D eigenvalue weighted by Crippen LogP contribution is -2.30. The van der Waals surface area contributed by atoms with Gasteiger partial charge in [-0.1, -0.05) is 324 Å². The summed E-state index contributed by atoms with van der Waals surface area (Å²) in [6.45, 7) is 7.25. The number of carbonyl (C=O) groups is 4. The highest BCUT2D eigenvalue weighted by Crippen LogP contribution is 2.45. The van der Waals surface area contributed by atoms with Gasteiger partial charge in [0.15, 0.2) is 12.2 Å². The van der Waals surface area contributed by atoms with Crippen molar-refractivity contribution in [2.75, 3.05) is 39.6 Å². The van der Waals surface area contributed by atoms with E-state index in [4.69, 9.17) is 37.0 Å². The predicted octanol–water partition coefficient (Wildman–Crippen LogP) is 20.9. The summed E-state index contributed by atoms with van der Waals surface area (Å²) >= 11 is 0. The number of carbonyl (C=O) groups excluding carboxylic acids is 4. The molecule has 540 valence electrons. The average Bonchev–Trinajstić information content (AvgIpc) is 3.69. The van der Waals surface area contributed by atoms with Gasteiger partial charge in [-0.15, -0.1) is 0 Å². The molecular weight excluding hydrogens is 1200 g/mol. The first kappa shape index (κ1) is 89.1. The van der Waals surface area contributed by atoms with Crippen molar-refractivity contribution < 1.29 is 80.2 Å². The van der Waals surface area contributed by atoms with Gasteiger partial charge in [0.25, 0.3) is 0 Å². The van der Waals surface area contributed by atoms with Gasteiger partial charge in [0, 0.05) is 25.7 Å². The monoisotopic (exact) mass is 1340 g/mol. The SMILES string of the molecule is CCCCCCCCCCCCCCCCCCCC(=O)O[C@H](COC(=O)CCCCCCCCCCCCCC(C)C)COP(=O)(O)OC[C@@H](O)COP(=O)(O)OC[C@@H](COC(=O)CCCCCCCCCCCC)OC(=O)CCCCCCCCCCCC. The minimum atomic E-state index is -4.95. The van der Waals surface area contributed by atoms with E-state index in [0.29, 0.717) is 25.7 Å². The lowest BCUT2D eigenvalue weighted by molar-refractivity contribution is -0.161. The van der Waals surface area contributed by atoms with Crippen molar-refractivity contribution in [3.8, 4) is 0 Å². The molecule has 0 aromatic carbocycles. The zero-order chi connectivity index (χ0) is 67.0. The maximum atomic E-state index is 13.0. The van der Waals surface area contributed by atoms with Crippen molar-refractivity contribution in [3.63, 3.8) is 0 Å². The molecule has 0 aliphatic carbocycles. The Bertz CT molecular complexity index is 1750. The molecule has 0 aliphatic rings. The van der Waals surface area contributed by atoms with Crippen LogP contribution < -0.4 is 0 Å². The number of ether oxygens (including phenoxy) is 4. The van der Waals surface area contributed by atoms with Gasteiger partial charge in [0.2, 0.25) is 0 Å². The molecule has 2 unspecified atom stereocenters. The lowest BCUT2D eigenvalue weighted by atomic mass is 10.0. The summed E-state index contributed by atoms with van der Waals surface area (Å²) in [6.07, 6.45) is 52.6. The van der Waals surface area contributed by atoms with Gasteiger partial charge in [-0.05, 0) is 31.6 Å². The van der Waals surface area contributed by atoms with E-state index in [1.165, 1.54) is 199 Å². The second-order valence-corrected chi connectivity index (χ2v) is 29.4. The first-order valence-electron chi connectivity index (χ1n) is 37.6. The molecule has 91 heavy (non-hydrogen) atoms. The first-order chi connectivity index (χ1) is 44.0. The maximum absolute atomic E-state index is 13.0. The van der Waals surface area contributed by atoms with E-state index < -0.39 is 97.5 Å². The summed E-state index contributed by atoms with van der Waals surface area (Å²) < 4.78 is 68.3. The molecule has 17 nitrogen and oxygen atoms in total. The van der Waals surface area contributed by atoms with Crippen LogP contribution in [-0.2, 0) is 65.4 Å². The molecule has 5 atom stereocenters. The van der Waals surface area contributed by atoms with Crippen LogP contribution in [0.1, 0.15) is 375 Å². The van der Waals surface area contributed by atoms with E-state index in [-0.39, 0.29) is 25.7 Å². The van der Waals surface area contributed by atoms with E-state index in [2.05, 4.69) is 34.6 Å². The zero-order valence-electron chi connectivity index (χ0n) is 59.0. The number of aliphatic hydroxyl groups is 1.